The minimum atomic E-state index is -0.365. The SMILES string of the molecule is O=[N+]([O-])c1ccc(C2CC=C(c3ccccc3)c3nc4ccccc4n32)cc1. The van der Waals surface area contributed by atoms with Gasteiger partial charge in [0.05, 0.1) is 22.0 Å². The zero-order valence-corrected chi connectivity index (χ0v) is 15.0. The maximum Gasteiger partial charge on any atom is 0.269 e. The van der Waals surface area contributed by atoms with Crippen molar-refractivity contribution in [3.63, 3.8) is 0 Å². The highest BCUT2D eigenvalue weighted by molar-refractivity contribution is 5.85. The Bertz CT molecular complexity index is 1210. The third-order valence-corrected chi connectivity index (χ3v) is 5.27. The summed E-state index contributed by atoms with van der Waals surface area (Å²) >= 11 is 0. The van der Waals surface area contributed by atoms with E-state index >= 15 is 0 Å². The molecule has 5 heteroatoms. The van der Waals surface area contributed by atoms with Gasteiger partial charge in [0.25, 0.3) is 5.69 Å². The van der Waals surface area contributed by atoms with Crippen LogP contribution in [0, 0.1) is 10.1 Å². The molecule has 2 heterocycles. The lowest BCUT2D eigenvalue weighted by Gasteiger charge is -2.26. The van der Waals surface area contributed by atoms with Crippen molar-refractivity contribution in [1.82, 2.24) is 9.55 Å². The third-order valence-electron chi connectivity index (χ3n) is 5.27. The maximum atomic E-state index is 11.0. The molecule has 1 aromatic heterocycles. The summed E-state index contributed by atoms with van der Waals surface area (Å²) in [5, 5.41) is 11.0. The van der Waals surface area contributed by atoms with E-state index in [4.69, 9.17) is 4.98 Å². The van der Waals surface area contributed by atoms with Crippen LogP contribution in [0.5, 0.6) is 0 Å². The summed E-state index contributed by atoms with van der Waals surface area (Å²) in [4.78, 5) is 15.6. The number of allylic oxidation sites excluding steroid dienone is 1. The van der Waals surface area contributed by atoms with E-state index in [0.29, 0.717) is 0 Å². The monoisotopic (exact) mass is 367 g/mol. The summed E-state index contributed by atoms with van der Waals surface area (Å²) in [5.74, 6) is 0.932. The Morgan fingerprint density at radius 3 is 2.39 bits per heavy atom. The molecule has 136 valence electrons. The molecule has 4 aromatic rings. The van der Waals surface area contributed by atoms with Crippen LogP contribution in [0.3, 0.4) is 0 Å². The Balaban J connectivity index is 1.69. The van der Waals surface area contributed by atoms with Crippen LogP contribution in [0.4, 0.5) is 5.69 Å². The molecule has 0 saturated heterocycles. The minimum Gasteiger partial charge on any atom is -0.316 e. The Kier molecular flexibility index (Phi) is 3.79. The Morgan fingerprint density at radius 2 is 1.64 bits per heavy atom. The zero-order valence-electron chi connectivity index (χ0n) is 15.0. The number of nitrogens with zero attached hydrogens (tertiary/aromatic N) is 3. The van der Waals surface area contributed by atoms with Crippen molar-refractivity contribution >= 4 is 22.3 Å². The van der Waals surface area contributed by atoms with Gasteiger partial charge in [0.2, 0.25) is 0 Å². The molecule has 0 aliphatic carbocycles. The second-order valence-corrected chi connectivity index (χ2v) is 6.88. The van der Waals surface area contributed by atoms with Crippen LogP contribution in [0.2, 0.25) is 0 Å². The quantitative estimate of drug-likeness (QED) is 0.361. The molecular formula is C23H17N3O2. The normalized spacial score (nSPS) is 15.9. The van der Waals surface area contributed by atoms with Gasteiger partial charge in [-0.3, -0.25) is 10.1 Å². The maximum absolute atomic E-state index is 11.0. The Morgan fingerprint density at radius 1 is 0.929 bits per heavy atom. The van der Waals surface area contributed by atoms with Crippen molar-refractivity contribution in [2.24, 2.45) is 0 Å². The second-order valence-electron chi connectivity index (χ2n) is 6.88. The Hall–Kier alpha value is -3.73. The number of nitro benzene ring substituents is 1. The van der Waals surface area contributed by atoms with Crippen molar-refractivity contribution in [2.45, 2.75) is 12.5 Å². The van der Waals surface area contributed by atoms with Gasteiger partial charge in [-0.05, 0) is 29.7 Å². The molecule has 5 nitrogen and oxygen atoms in total. The number of fused-ring (bicyclic) bond motifs is 3. The largest absolute Gasteiger partial charge is 0.316 e. The highest BCUT2D eigenvalue weighted by Crippen LogP contribution is 2.38. The molecule has 1 aliphatic rings. The Labute approximate surface area is 161 Å². The average Bonchev–Trinajstić information content (AvgIpc) is 3.13. The van der Waals surface area contributed by atoms with Crippen molar-refractivity contribution in [2.75, 3.05) is 0 Å². The van der Waals surface area contributed by atoms with E-state index in [-0.39, 0.29) is 16.7 Å². The molecule has 0 N–H and O–H groups in total. The van der Waals surface area contributed by atoms with Crippen LogP contribution in [0.25, 0.3) is 16.6 Å². The molecule has 5 rings (SSSR count). The number of imidazole rings is 1. The molecular weight excluding hydrogens is 350 g/mol. The zero-order chi connectivity index (χ0) is 19.1. The summed E-state index contributed by atoms with van der Waals surface area (Å²) < 4.78 is 2.26. The van der Waals surface area contributed by atoms with E-state index < -0.39 is 0 Å². The first-order chi connectivity index (χ1) is 13.7. The number of rotatable bonds is 3. The molecule has 0 amide bonds. The average molecular weight is 367 g/mol. The van der Waals surface area contributed by atoms with Gasteiger partial charge in [-0.15, -0.1) is 0 Å². The van der Waals surface area contributed by atoms with Crippen LogP contribution >= 0.6 is 0 Å². The van der Waals surface area contributed by atoms with Gasteiger partial charge >= 0.3 is 0 Å². The molecule has 1 atom stereocenters. The van der Waals surface area contributed by atoms with Crippen LogP contribution < -0.4 is 0 Å². The summed E-state index contributed by atoms with van der Waals surface area (Å²) in [6.07, 6.45) is 3.03. The number of para-hydroxylation sites is 2. The second kappa shape index (κ2) is 6.46. The van der Waals surface area contributed by atoms with Crippen LogP contribution in [0.15, 0.2) is 84.9 Å². The topological polar surface area (TPSA) is 61.0 Å². The van der Waals surface area contributed by atoms with Gasteiger partial charge < -0.3 is 4.57 Å². The first-order valence-corrected chi connectivity index (χ1v) is 9.19. The predicted octanol–water partition coefficient (Wildman–Crippen LogP) is 5.37. The summed E-state index contributed by atoms with van der Waals surface area (Å²) in [5.41, 5.74) is 5.43. The highest BCUT2D eigenvalue weighted by atomic mass is 16.6. The number of hydrogen-bond acceptors (Lipinski definition) is 3. The summed E-state index contributed by atoms with van der Waals surface area (Å²) in [7, 11) is 0. The van der Waals surface area contributed by atoms with Crippen LogP contribution in [0.1, 0.15) is 29.4 Å². The first-order valence-electron chi connectivity index (χ1n) is 9.19. The fourth-order valence-electron chi connectivity index (χ4n) is 3.94. The van der Waals surface area contributed by atoms with Crippen LogP contribution in [-0.4, -0.2) is 14.5 Å². The smallest absolute Gasteiger partial charge is 0.269 e. The molecule has 1 unspecified atom stereocenters. The molecule has 1 aliphatic heterocycles. The van der Waals surface area contributed by atoms with E-state index in [2.05, 4.69) is 28.8 Å². The van der Waals surface area contributed by atoms with Crippen LogP contribution in [-0.2, 0) is 0 Å². The summed E-state index contributed by atoms with van der Waals surface area (Å²) in [6, 6.07) is 25.3. The fourth-order valence-corrected chi connectivity index (χ4v) is 3.94. The van der Waals surface area contributed by atoms with Gasteiger partial charge in [0.1, 0.15) is 5.82 Å². The number of non-ortho nitro benzene ring substituents is 1. The molecule has 0 radical (unpaired) electrons. The van der Waals surface area contributed by atoms with E-state index in [1.165, 1.54) is 0 Å². The van der Waals surface area contributed by atoms with Crippen molar-refractivity contribution in [1.29, 1.82) is 0 Å². The minimum absolute atomic E-state index is 0.0515. The standard InChI is InChI=1S/C23H17N3O2/c27-26(28)18-12-10-17(11-13-18)21-15-14-19(16-6-2-1-3-7-16)23-24-20-8-4-5-9-22(20)25(21)23/h1-14,21H,15H2. The van der Waals surface area contributed by atoms with Gasteiger partial charge in [-0.2, -0.15) is 0 Å². The van der Waals surface area contributed by atoms with Gasteiger partial charge in [0.15, 0.2) is 0 Å². The lowest BCUT2D eigenvalue weighted by atomic mass is 9.94. The van der Waals surface area contributed by atoms with Gasteiger partial charge in [-0.1, -0.05) is 60.7 Å². The van der Waals surface area contributed by atoms with E-state index in [1.807, 2.05) is 48.5 Å². The van der Waals surface area contributed by atoms with E-state index in [9.17, 15) is 10.1 Å². The lowest BCUT2D eigenvalue weighted by Crippen LogP contribution is -2.17. The molecule has 0 spiro atoms. The lowest BCUT2D eigenvalue weighted by molar-refractivity contribution is -0.384. The van der Waals surface area contributed by atoms with Crippen molar-refractivity contribution in [3.8, 4) is 0 Å². The molecule has 0 bridgehead atoms. The van der Waals surface area contributed by atoms with Gasteiger partial charge in [-0.25, -0.2) is 4.98 Å². The molecule has 0 saturated carbocycles. The van der Waals surface area contributed by atoms with E-state index in [1.54, 1.807) is 12.1 Å². The number of benzene rings is 3. The number of aromatic nitrogens is 2. The fraction of sp³-hybridized carbons (Fsp3) is 0.0870. The number of hydrogen-bond donors (Lipinski definition) is 0. The van der Waals surface area contributed by atoms with Crippen molar-refractivity contribution < 1.29 is 4.92 Å². The predicted molar refractivity (Wildman–Crippen MR) is 109 cm³/mol. The third kappa shape index (κ3) is 2.60. The molecule has 3 aromatic carbocycles. The molecule has 0 fully saturated rings. The van der Waals surface area contributed by atoms with E-state index in [0.717, 1.165) is 40.0 Å². The first kappa shape index (κ1) is 16.4. The molecule has 28 heavy (non-hydrogen) atoms. The number of nitro groups is 1. The highest BCUT2D eigenvalue weighted by Gasteiger charge is 2.27. The van der Waals surface area contributed by atoms with Gasteiger partial charge in [0, 0.05) is 17.7 Å². The van der Waals surface area contributed by atoms with Crippen molar-refractivity contribution in [3.05, 3.63) is 112 Å². The summed E-state index contributed by atoms with van der Waals surface area (Å²) in [6.45, 7) is 0.